The third-order valence-electron chi connectivity index (χ3n) is 3.50. The Balaban J connectivity index is 1.96. The lowest BCUT2D eigenvalue weighted by Gasteiger charge is -2.19. The number of carbonyl (C=O) groups excluding carboxylic acids is 1. The molecule has 0 fully saturated rings. The van der Waals surface area contributed by atoms with Gasteiger partial charge in [0.25, 0.3) is 5.91 Å². The van der Waals surface area contributed by atoms with E-state index in [1.165, 1.54) is 18.3 Å². The van der Waals surface area contributed by atoms with Crippen molar-refractivity contribution < 1.29 is 9.18 Å². The molecule has 0 aliphatic heterocycles. The predicted molar refractivity (Wildman–Crippen MR) is 83.2 cm³/mol. The van der Waals surface area contributed by atoms with E-state index in [9.17, 15) is 9.18 Å². The maximum Gasteiger partial charge on any atom is 0.253 e. The van der Waals surface area contributed by atoms with Crippen LogP contribution < -0.4 is 5.32 Å². The highest BCUT2D eigenvalue weighted by Gasteiger charge is 2.21. The Kier molecular flexibility index (Phi) is 4.14. The van der Waals surface area contributed by atoms with Crippen molar-refractivity contribution in [3.8, 4) is 0 Å². The Morgan fingerprint density at radius 1 is 1.26 bits per heavy atom. The molecule has 0 spiro atoms. The lowest BCUT2D eigenvalue weighted by molar-refractivity contribution is 0.0940. The van der Waals surface area contributed by atoms with Crippen LogP contribution in [-0.2, 0) is 7.05 Å². The van der Waals surface area contributed by atoms with Crippen LogP contribution in [0.15, 0.2) is 61.2 Å². The summed E-state index contributed by atoms with van der Waals surface area (Å²) in [6.07, 6.45) is 6.49. The lowest BCUT2D eigenvalue weighted by Crippen LogP contribution is -2.31. The second-order valence-corrected chi connectivity index (χ2v) is 5.10. The molecule has 0 unspecified atom stereocenters. The topological polar surface area (TPSA) is 59.8 Å². The Labute approximate surface area is 132 Å². The number of benzene rings is 1. The zero-order valence-corrected chi connectivity index (χ0v) is 12.5. The van der Waals surface area contributed by atoms with Crippen LogP contribution in [0.3, 0.4) is 0 Å². The van der Waals surface area contributed by atoms with E-state index in [0.29, 0.717) is 17.0 Å². The van der Waals surface area contributed by atoms with Crippen molar-refractivity contribution >= 4 is 5.91 Å². The Morgan fingerprint density at radius 2 is 2.13 bits per heavy atom. The van der Waals surface area contributed by atoms with Crippen LogP contribution in [0.5, 0.6) is 0 Å². The number of nitrogens with zero attached hydrogens (tertiary/aromatic N) is 3. The first-order valence-corrected chi connectivity index (χ1v) is 7.09. The highest BCUT2D eigenvalue weighted by molar-refractivity contribution is 5.94. The molecule has 0 saturated heterocycles. The summed E-state index contributed by atoms with van der Waals surface area (Å²) in [5, 5.41) is 2.89. The van der Waals surface area contributed by atoms with Gasteiger partial charge in [-0.05, 0) is 29.8 Å². The van der Waals surface area contributed by atoms with Gasteiger partial charge < -0.3 is 9.88 Å². The van der Waals surface area contributed by atoms with Gasteiger partial charge in [0.2, 0.25) is 0 Å². The maximum absolute atomic E-state index is 13.6. The smallest absolute Gasteiger partial charge is 0.253 e. The summed E-state index contributed by atoms with van der Waals surface area (Å²) in [7, 11) is 1.82. The van der Waals surface area contributed by atoms with Gasteiger partial charge in [-0.2, -0.15) is 0 Å². The van der Waals surface area contributed by atoms with E-state index in [2.05, 4.69) is 15.3 Å². The fourth-order valence-electron chi connectivity index (χ4n) is 2.35. The molecule has 5 nitrogen and oxygen atoms in total. The number of hydrogen-bond acceptors (Lipinski definition) is 3. The largest absolute Gasteiger partial charge is 0.338 e. The van der Waals surface area contributed by atoms with Gasteiger partial charge in [0.05, 0.1) is 5.56 Å². The molecule has 2 aromatic heterocycles. The SMILES string of the molecule is Cn1ccnc1[C@@H](NC(=O)c1cccnc1)c1cccc(F)c1. The first kappa shape index (κ1) is 14.9. The number of amides is 1. The second kappa shape index (κ2) is 6.39. The standard InChI is InChI=1S/C17H15FN4O/c1-22-9-8-20-16(22)15(12-4-2-6-14(18)10-12)21-17(23)13-5-3-7-19-11-13/h2-11,15H,1H3,(H,21,23)/t15-/m0/s1. The van der Waals surface area contributed by atoms with E-state index in [1.54, 1.807) is 47.4 Å². The number of pyridine rings is 1. The van der Waals surface area contributed by atoms with Crippen molar-refractivity contribution in [2.24, 2.45) is 7.05 Å². The number of hydrogen-bond donors (Lipinski definition) is 1. The van der Waals surface area contributed by atoms with Crippen molar-refractivity contribution in [1.29, 1.82) is 0 Å². The molecule has 0 saturated carbocycles. The van der Waals surface area contributed by atoms with Crippen LogP contribution in [0.4, 0.5) is 4.39 Å². The molecule has 0 bridgehead atoms. The van der Waals surface area contributed by atoms with Crippen LogP contribution in [0.1, 0.15) is 27.8 Å². The third-order valence-corrected chi connectivity index (χ3v) is 3.50. The highest BCUT2D eigenvalue weighted by Crippen LogP contribution is 2.21. The summed E-state index contributed by atoms with van der Waals surface area (Å²) >= 11 is 0. The van der Waals surface area contributed by atoms with E-state index in [0.717, 1.165) is 0 Å². The van der Waals surface area contributed by atoms with Crippen LogP contribution in [0.2, 0.25) is 0 Å². The molecule has 1 aromatic carbocycles. The molecule has 3 aromatic rings. The first-order chi connectivity index (χ1) is 11.1. The van der Waals surface area contributed by atoms with Gasteiger partial charge in [-0.1, -0.05) is 12.1 Å². The average molecular weight is 310 g/mol. The molecule has 1 N–H and O–H groups in total. The van der Waals surface area contributed by atoms with Crippen LogP contribution >= 0.6 is 0 Å². The fraction of sp³-hybridized carbons (Fsp3) is 0.118. The summed E-state index contributed by atoms with van der Waals surface area (Å²) < 4.78 is 15.4. The Morgan fingerprint density at radius 3 is 2.78 bits per heavy atom. The normalized spacial score (nSPS) is 11.9. The van der Waals surface area contributed by atoms with Gasteiger partial charge in [-0.25, -0.2) is 9.37 Å². The monoisotopic (exact) mass is 310 g/mol. The summed E-state index contributed by atoms with van der Waals surface area (Å²) in [6, 6.07) is 8.92. The molecule has 23 heavy (non-hydrogen) atoms. The lowest BCUT2D eigenvalue weighted by atomic mass is 10.1. The van der Waals surface area contributed by atoms with E-state index in [4.69, 9.17) is 0 Å². The molecular formula is C17H15FN4O. The number of aryl methyl sites for hydroxylation is 1. The van der Waals surface area contributed by atoms with Crippen LogP contribution in [0, 0.1) is 5.82 Å². The van der Waals surface area contributed by atoms with Crippen LogP contribution in [0.25, 0.3) is 0 Å². The van der Waals surface area contributed by atoms with Crippen molar-refractivity contribution in [1.82, 2.24) is 19.9 Å². The number of nitrogens with one attached hydrogen (secondary N) is 1. The number of rotatable bonds is 4. The Hall–Kier alpha value is -3.02. The molecule has 0 aliphatic rings. The number of carbonyl (C=O) groups is 1. The zero-order valence-electron chi connectivity index (χ0n) is 12.5. The quantitative estimate of drug-likeness (QED) is 0.805. The molecule has 3 rings (SSSR count). The molecule has 1 atom stereocenters. The van der Waals surface area contributed by atoms with Gasteiger partial charge in [0.1, 0.15) is 17.7 Å². The number of halogens is 1. The zero-order chi connectivity index (χ0) is 16.2. The van der Waals surface area contributed by atoms with Gasteiger partial charge in [-0.15, -0.1) is 0 Å². The minimum atomic E-state index is -0.557. The summed E-state index contributed by atoms with van der Waals surface area (Å²) in [5.74, 6) is -0.0412. The van der Waals surface area contributed by atoms with Crippen molar-refractivity contribution in [2.75, 3.05) is 0 Å². The second-order valence-electron chi connectivity index (χ2n) is 5.10. The summed E-state index contributed by atoms with van der Waals surface area (Å²) in [5.41, 5.74) is 1.06. The molecule has 6 heteroatoms. The van der Waals surface area contributed by atoms with E-state index in [1.807, 2.05) is 7.05 Å². The minimum Gasteiger partial charge on any atom is -0.338 e. The van der Waals surface area contributed by atoms with E-state index < -0.39 is 6.04 Å². The predicted octanol–water partition coefficient (Wildman–Crippen LogP) is 2.47. The maximum atomic E-state index is 13.6. The minimum absolute atomic E-state index is 0.296. The van der Waals surface area contributed by atoms with Gasteiger partial charge >= 0.3 is 0 Å². The Bertz CT molecular complexity index is 816. The third kappa shape index (κ3) is 3.26. The fourth-order valence-corrected chi connectivity index (χ4v) is 2.35. The average Bonchev–Trinajstić information content (AvgIpc) is 2.99. The van der Waals surface area contributed by atoms with Gasteiger partial charge in [0, 0.05) is 31.8 Å². The van der Waals surface area contributed by atoms with Crippen molar-refractivity contribution in [2.45, 2.75) is 6.04 Å². The summed E-state index contributed by atoms with van der Waals surface area (Å²) in [6.45, 7) is 0. The van der Waals surface area contributed by atoms with Crippen LogP contribution in [-0.4, -0.2) is 20.4 Å². The number of imidazole rings is 1. The molecule has 0 aliphatic carbocycles. The van der Waals surface area contributed by atoms with Gasteiger partial charge in [-0.3, -0.25) is 9.78 Å². The van der Waals surface area contributed by atoms with Crippen molar-refractivity contribution in [3.63, 3.8) is 0 Å². The van der Waals surface area contributed by atoms with E-state index >= 15 is 0 Å². The molecule has 1 amide bonds. The highest BCUT2D eigenvalue weighted by atomic mass is 19.1. The molecular weight excluding hydrogens is 295 g/mol. The van der Waals surface area contributed by atoms with E-state index in [-0.39, 0.29) is 11.7 Å². The molecule has 2 heterocycles. The first-order valence-electron chi connectivity index (χ1n) is 7.09. The molecule has 116 valence electrons. The summed E-state index contributed by atoms with van der Waals surface area (Å²) in [4.78, 5) is 20.7. The van der Waals surface area contributed by atoms with Crippen molar-refractivity contribution in [3.05, 3.63) is 84.0 Å². The molecule has 0 radical (unpaired) electrons. The number of aromatic nitrogens is 3. The van der Waals surface area contributed by atoms with Gasteiger partial charge in [0.15, 0.2) is 0 Å².